The molecule has 0 spiro atoms. The SMILES string of the molecule is CC(C)c1csc(CCc2ccn3c(=O)cc[n+](-c4noc(=O)[nH]4)c3c2)n1. The van der Waals surface area contributed by atoms with Gasteiger partial charge >= 0.3 is 11.7 Å². The minimum Gasteiger partial charge on any atom is -0.255 e. The fraction of sp³-hybridized carbons (Fsp3) is 0.278. The summed E-state index contributed by atoms with van der Waals surface area (Å²) in [5.74, 6) is -0.00926. The van der Waals surface area contributed by atoms with Crippen molar-refractivity contribution >= 4 is 17.0 Å². The lowest BCUT2D eigenvalue weighted by molar-refractivity contribution is -0.580. The van der Waals surface area contributed by atoms with Gasteiger partial charge in [-0.3, -0.25) is 4.79 Å². The van der Waals surface area contributed by atoms with Gasteiger partial charge in [-0.1, -0.05) is 13.8 Å². The summed E-state index contributed by atoms with van der Waals surface area (Å²) in [5, 5.41) is 6.91. The second kappa shape index (κ2) is 6.92. The summed E-state index contributed by atoms with van der Waals surface area (Å²) < 4.78 is 7.68. The second-order valence-electron chi connectivity index (χ2n) is 6.53. The van der Waals surface area contributed by atoms with Crippen molar-refractivity contribution < 1.29 is 9.09 Å². The van der Waals surface area contributed by atoms with Crippen LogP contribution >= 0.6 is 11.3 Å². The van der Waals surface area contributed by atoms with E-state index in [-0.39, 0.29) is 11.5 Å². The predicted octanol–water partition coefficient (Wildman–Crippen LogP) is 1.62. The van der Waals surface area contributed by atoms with Crippen LogP contribution in [0.1, 0.15) is 36.0 Å². The number of nitrogens with one attached hydrogen (secondary N) is 1. The summed E-state index contributed by atoms with van der Waals surface area (Å²) in [6, 6.07) is 5.23. The highest BCUT2D eigenvalue weighted by Gasteiger charge is 2.16. The molecular weight excluding hydrogens is 366 g/mol. The first-order valence-corrected chi connectivity index (χ1v) is 9.46. The van der Waals surface area contributed by atoms with Gasteiger partial charge in [0.25, 0.3) is 5.56 Å². The first-order chi connectivity index (χ1) is 13.0. The topological polar surface area (TPSA) is 97.1 Å². The molecule has 138 valence electrons. The molecule has 0 aromatic carbocycles. The third-order valence-corrected chi connectivity index (χ3v) is 5.22. The molecule has 0 aliphatic rings. The maximum absolute atomic E-state index is 12.2. The van der Waals surface area contributed by atoms with E-state index in [1.165, 1.54) is 10.5 Å². The van der Waals surface area contributed by atoms with Crippen molar-refractivity contribution in [2.24, 2.45) is 0 Å². The zero-order valence-corrected chi connectivity index (χ0v) is 15.7. The Morgan fingerprint density at radius 1 is 1.30 bits per heavy atom. The Bertz CT molecular complexity index is 1220. The molecule has 0 aliphatic carbocycles. The maximum Gasteiger partial charge on any atom is 0.497 e. The molecule has 4 heterocycles. The largest absolute Gasteiger partial charge is 0.497 e. The van der Waals surface area contributed by atoms with Crippen molar-refractivity contribution in [3.05, 3.63) is 73.1 Å². The number of hydrogen-bond acceptors (Lipinski definition) is 6. The van der Waals surface area contributed by atoms with Crippen molar-refractivity contribution in [3.63, 3.8) is 0 Å². The summed E-state index contributed by atoms with van der Waals surface area (Å²) in [5.41, 5.74) is 2.60. The van der Waals surface area contributed by atoms with Crippen LogP contribution in [0.25, 0.3) is 11.6 Å². The average Bonchev–Trinajstić information content (AvgIpc) is 3.29. The van der Waals surface area contributed by atoms with Crippen LogP contribution in [0.3, 0.4) is 0 Å². The number of aromatic amines is 1. The van der Waals surface area contributed by atoms with Gasteiger partial charge in [0.15, 0.2) is 0 Å². The van der Waals surface area contributed by atoms with Crippen LogP contribution in [-0.2, 0) is 12.8 Å². The van der Waals surface area contributed by atoms with Gasteiger partial charge in [0.1, 0.15) is 0 Å². The van der Waals surface area contributed by atoms with E-state index in [9.17, 15) is 9.59 Å². The Balaban J connectivity index is 1.68. The van der Waals surface area contributed by atoms with Crippen molar-refractivity contribution in [1.82, 2.24) is 19.5 Å². The number of pyridine rings is 1. The Labute approximate surface area is 157 Å². The van der Waals surface area contributed by atoms with Gasteiger partial charge in [0.2, 0.25) is 5.65 Å². The van der Waals surface area contributed by atoms with Crippen LogP contribution in [0, 0.1) is 0 Å². The summed E-state index contributed by atoms with van der Waals surface area (Å²) in [6.07, 6.45) is 4.90. The number of rotatable bonds is 5. The van der Waals surface area contributed by atoms with E-state index in [2.05, 4.69) is 38.9 Å². The van der Waals surface area contributed by atoms with Crippen molar-refractivity contribution in [2.75, 3.05) is 0 Å². The van der Waals surface area contributed by atoms with Crippen molar-refractivity contribution in [3.8, 4) is 5.95 Å². The lowest BCUT2D eigenvalue weighted by Crippen LogP contribution is -2.38. The summed E-state index contributed by atoms with van der Waals surface area (Å²) in [6.45, 7) is 4.26. The number of fused-ring (bicyclic) bond motifs is 1. The third-order valence-electron chi connectivity index (χ3n) is 4.30. The number of thiazole rings is 1. The minimum absolute atomic E-state index is 0.167. The van der Waals surface area contributed by atoms with E-state index in [4.69, 9.17) is 0 Å². The average molecular weight is 384 g/mol. The predicted molar refractivity (Wildman–Crippen MR) is 99.5 cm³/mol. The highest BCUT2D eigenvalue weighted by atomic mass is 32.1. The zero-order chi connectivity index (χ0) is 19.0. The van der Waals surface area contributed by atoms with Crippen molar-refractivity contribution in [1.29, 1.82) is 0 Å². The van der Waals surface area contributed by atoms with E-state index >= 15 is 0 Å². The van der Waals surface area contributed by atoms with Crippen LogP contribution in [0.15, 0.2) is 50.1 Å². The third kappa shape index (κ3) is 3.45. The first kappa shape index (κ1) is 17.3. The fourth-order valence-corrected chi connectivity index (χ4v) is 3.77. The molecular formula is C18H18N5O3S+. The number of H-pyrrole nitrogens is 1. The molecule has 4 aromatic rings. The summed E-state index contributed by atoms with van der Waals surface area (Å²) >= 11 is 1.67. The van der Waals surface area contributed by atoms with Crippen LogP contribution < -0.4 is 15.9 Å². The van der Waals surface area contributed by atoms with E-state index in [1.54, 1.807) is 28.3 Å². The molecule has 0 fully saturated rings. The van der Waals surface area contributed by atoms with E-state index in [0.717, 1.165) is 29.1 Å². The van der Waals surface area contributed by atoms with E-state index in [0.29, 0.717) is 11.6 Å². The van der Waals surface area contributed by atoms with E-state index < -0.39 is 5.76 Å². The quantitative estimate of drug-likeness (QED) is 0.527. The molecule has 0 atom stereocenters. The van der Waals surface area contributed by atoms with E-state index in [1.807, 2.05) is 12.1 Å². The highest BCUT2D eigenvalue weighted by molar-refractivity contribution is 7.09. The van der Waals surface area contributed by atoms with Gasteiger partial charge < -0.3 is 0 Å². The van der Waals surface area contributed by atoms with Crippen molar-refractivity contribution in [2.45, 2.75) is 32.6 Å². The molecule has 8 nitrogen and oxygen atoms in total. The molecule has 0 unspecified atom stereocenters. The second-order valence-corrected chi connectivity index (χ2v) is 7.47. The van der Waals surface area contributed by atoms with Gasteiger partial charge in [-0.15, -0.1) is 11.3 Å². The van der Waals surface area contributed by atoms with Gasteiger partial charge in [0.05, 0.1) is 28.3 Å². The van der Waals surface area contributed by atoms with Gasteiger partial charge in [-0.2, -0.15) is 9.55 Å². The molecule has 0 aliphatic heterocycles. The maximum atomic E-state index is 12.2. The Kier molecular flexibility index (Phi) is 4.44. The Morgan fingerprint density at radius 2 is 2.15 bits per heavy atom. The number of hydrogen-bond donors (Lipinski definition) is 1. The summed E-state index contributed by atoms with van der Waals surface area (Å²) in [7, 11) is 0. The zero-order valence-electron chi connectivity index (χ0n) is 14.9. The lowest BCUT2D eigenvalue weighted by Gasteiger charge is -2.05. The molecule has 4 aromatic heterocycles. The molecule has 0 saturated carbocycles. The number of nitrogens with zero attached hydrogens (tertiary/aromatic N) is 4. The minimum atomic E-state index is -0.650. The van der Waals surface area contributed by atoms with Crippen LogP contribution in [0.5, 0.6) is 0 Å². The molecule has 27 heavy (non-hydrogen) atoms. The standard InChI is InChI=1S/C18H17N5O3S/c1-11(2)13-10-27-14(19-13)4-3-12-5-7-22-15(9-12)23(8-6-16(22)24)17-20-18(25)26-21-17/h5-11H,3-4H2,1-2H3/p+1. The van der Waals surface area contributed by atoms with Gasteiger partial charge in [-0.25, -0.2) is 18.7 Å². The Hall–Kier alpha value is -3.07. The first-order valence-electron chi connectivity index (χ1n) is 8.58. The molecule has 0 saturated heterocycles. The number of aromatic nitrogens is 5. The molecule has 9 heteroatoms. The molecule has 1 N–H and O–H groups in total. The van der Waals surface area contributed by atoms with Crippen LogP contribution in [0.4, 0.5) is 0 Å². The van der Waals surface area contributed by atoms with Crippen LogP contribution in [0.2, 0.25) is 0 Å². The fourth-order valence-electron chi connectivity index (χ4n) is 2.81. The molecule has 4 rings (SSSR count). The monoisotopic (exact) mass is 384 g/mol. The summed E-state index contributed by atoms with van der Waals surface area (Å²) in [4.78, 5) is 30.6. The van der Waals surface area contributed by atoms with Crippen LogP contribution in [-0.4, -0.2) is 19.5 Å². The highest BCUT2D eigenvalue weighted by Crippen LogP contribution is 2.19. The smallest absolute Gasteiger partial charge is 0.255 e. The van der Waals surface area contributed by atoms with Gasteiger partial charge in [-0.05, 0) is 24.0 Å². The number of aryl methyl sites for hydroxylation is 2. The molecule has 0 radical (unpaired) electrons. The van der Waals surface area contributed by atoms with Gasteiger partial charge in [0, 0.05) is 23.9 Å². The normalized spacial score (nSPS) is 11.5. The lowest BCUT2D eigenvalue weighted by atomic mass is 10.1. The molecule has 0 bridgehead atoms. The Morgan fingerprint density at radius 3 is 2.85 bits per heavy atom. The molecule has 0 amide bonds.